The third-order valence-corrected chi connectivity index (χ3v) is 2.23. The Bertz CT molecular complexity index is 375. The number of halogens is 2. The maximum atomic E-state index is 8.34. The van der Waals surface area contributed by atoms with Gasteiger partial charge in [-0.15, -0.1) is 0 Å². The summed E-state index contributed by atoms with van der Waals surface area (Å²) in [5.41, 5.74) is 0.335. The fourth-order valence-electron chi connectivity index (χ4n) is 0.958. The third-order valence-electron chi connectivity index (χ3n) is 1.56. The number of rotatable bonds is 2. The molecular weight excluding hydrogens is 223 g/mol. The number of nitriles is 1. The Morgan fingerprint density at radius 1 is 1.64 bits per heavy atom. The van der Waals surface area contributed by atoms with E-state index >= 15 is 0 Å². The van der Waals surface area contributed by atoms with Gasteiger partial charge in [0.15, 0.2) is 0 Å². The molecule has 1 unspecified atom stereocenters. The molecule has 1 rings (SSSR count). The first-order valence-electron chi connectivity index (χ1n) is 3.65. The van der Waals surface area contributed by atoms with Crippen LogP contribution in [0.1, 0.15) is 0 Å². The second kappa shape index (κ2) is 4.80. The van der Waals surface area contributed by atoms with Gasteiger partial charge in [0.05, 0.1) is 23.1 Å². The van der Waals surface area contributed by atoms with Gasteiger partial charge < -0.3 is 5.32 Å². The highest BCUT2D eigenvalue weighted by Crippen LogP contribution is 2.21. The van der Waals surface area contributed by atoms with Gasteiger partial charge in [0.25, 0.3) is 0 Å². The highest BCUT2D eigenvalue weighted by molar-refractivity contribution is 6.47. The topological polar surface area (TPSA) is 72.0 Å². The monoisotopic (exact) mass is 228 g/mol. The first-order chi connectivity index (χ1) is 6.69. The number of hydrogen-bond donors (Lipinski definition) is 2. The summed E-state index contributed by atoms with van der Waals surface area (Å²) < 4.78 is 0. The molecule has 0 bridgehead atoms. The van der Waals surface area contributed by atoms with Gasteiger partial charge in [-0.2, -0.15) is 10.3 Å². The molecule has 14 heavy (non-hydrogen) atoms. The predicted octanol–water partition coefficient (Wildman–Crippen LogP) is 1.73. The molecule has 0 heterocycles. The molecule has 0 aliphatic heterocycles. The van der Waals surface area contributed by atoms with Crippen molar-refractivity contribution >= 4 is 35.3 Å². The molecule has 2 N–H and O–H groups in total. The van der Waals surface area contributed by atoms with Crippen LogP contribution in [0, 0.1) is 16.9 Å². The Kier molecular flexibility index (Phi) is 3.69. The summed E-state index contributed by atoms with van der Waals surface area (Å²) in [6.45, 7) is 0. The molecule has 0 saturated heterocycles. The van der Waals surface area contributed by atoms with Crippen molar-refractivity contribution in [3.8, 4) is 6.19 Å². The van der Waals surface area contributed by atoms with Crippen LogP contribution in [0.2, 0.25) is 0 Å². The van der Waals surface area contributed by atoms with Crippen LogP contribution in [-0.2, 0) is 0 Å². The summed E-state index contributed by atoms with van der Waals surface area (Å²) in [5.74, 6) is 0. The number of allylic oxidation sites excluding steroid dienone is 2. The lowest BCUT2D eigenvalue weighted by Crippen LogP contribution is -2.28. The van der Waals surface area contributed by atoms with Crippen molar-refractivity contribution < 1.29 is 0 Å². The summed E-state index contributed by atoms with van der Waals surface area (Å²) in [6.07, 6.45) is 5.73. The molecule has 0 aromatic heterocycles. The van der Waals surface area contributed by atoms with Crippen LogP contribution in [0.25, 0.3) is 0 Å². The Morgan fingerprint density at radius 3 is 2.93 bits per heavy atom. The van der Waals surface area contributed by atoms with Gasteiger partial charge in [0, 0.05) is 5.03 Å². The van der Waals surface area contributed by atoms with Crippen molar-refractivity contribution in [3.63, 3.8) is 0 Å². The largest absolute Gasteiger partial charge is 0.365 e. The zero-order chi connectivity index (χ0) is 10.6. The molecule has 1 atom stereocenters. The van der Waals surface area contributed by atoms with E-state index in [0.29, 0.717) is 15.8 Å². The molecule has 1 aliphatic carbocycles. The summed E-state index contributed by atoms with van der Waals surface area (Å²) in [7, 11) is 0. The lowest BCUT2D eigenvalue weighted by Gasteiger charge is -2.16. The van der Waals surface area contributed by atoms with Gasteiger partial charge in [-0.25, -0.2) is 0 Å². The molecule has 72 valence electrons. The molecule has 0 fully saturated rings. The van der Waals surface area contributed by atoms with E-state index in [2.05, 4.69) is 10.3 Å². The van der Waals surface area contributed by atoms with E-state index in [-0.39, 0.29) is 6.04 Å². The van der Waals surface area contributed by atoms with Crippen LogP contribution < -0.4 is 5.32 Å². The van der Waals surface area contributed by atoms with Crippen LogP contribution >= 0.6 is 23.2 Å². The van der Waals surface area contributed by atoms with Crippen LogP contribution in [0.4, 0.5) is 0 Å². The molecule has 1 aliphatic rings. The SMILES string of the molecule is N#C/N=C1\C=C(Cl)C(NC=N)C=C1Cl. The van der Waals surface area contributed by atoms with Gasteiger partial charge in [0.2, 0.25) is 6.19 Å². The first-order valence-corrected chi connectivity index (χ1v) is 4.41. The fourth-order valence-corrected chi connectivity index (χ4v) is 1.41. The lowest BCUT2D eigenvalue weighted by atomic mass is 10.1. The summed E-state index contributed by atoms with van der Waals surface area (Å²) in [4.78, 5) is 3.49. The average molecular weight is 229 g/mol. The summed E-state index contributed by atoms with van der Waals surface area (Å²) >= 11 is 11.7. The number of aliphatic imine (C=N–C) groups is 1. The quantitative estimate of drug-likeness (QED) is 0.430. The highest BCUT2D eigenvalue weighted by Gasteiger charge is 2.17. The maximum absolute atomic E-state index is 8.34. The average Bonchev–Trinajstić information content (AvgIpc) is 2.14. The van der Waals surface area contributed by atoms with Gasteiger partial charge >= 0.3 is 0 Å². The minimum atomic E-state index is -0.320. The summed E-state index contributed by atoms with van der Waals surface area (Å²) in [6, 6.07) is -0.320. The van der Waals surface area contributed by atoms with Crippen molar-refractivity contribution in [1.82, 2.24) is 5.32 Å². The van der Waals surface area contributed by atoms with E-state index in [0.717, 1.165) is 6.34 Å². The molecule has 0 spiro atoms. The van der Waals surface area contributed by atoms with E-state index in [1.165, 1.54) is 6.08 Å². The minimum Gasteiger partial charge on any atom is -0.365 e. The highest BCUT2D eigenvalue weighted by atomic mass is 35.5. The molecule has 0 saturated carbocycles. The molecule has 6 heteroatoms. The van der Waals surface area contributed by atoms with Crippen molar-refractivity contribution in [1.29, 1.82) is 10.7 Å². The molecule has 4 nitrogen and oxygen atoms in total. The van der Waals surface area contributed by atoms with Gasteiger partial charge in [-0.05, 0) is 12.2 Å². The maximum Gasteiger partial charge on any atom is 0.206 e. The molecular formula is C8H6Cl2N4. The first kappa shape index (κ1) is 10.8. The van der Waals surface area contributed by atoms with Crippen LogP contribution in [-0.4, -0.2) is 18.1 Å². The van der Waals surface area contributed by atoms with E-state index in [1.807, 2.05) is 0 Å². The second-order valence-corrected chi connectivity index (χ2v) is 3.27. The zero-order valence-corrected chi connectivity index (χ0v) is 8.47. The Balaban J connectivity index is 2.96. The van der Waals surface area contributed by atoms with Crippen LogP contribution in [0.3, 0.4) is 0 Å². The Morgan fingerprint density at radius 2 is 2.36 bits per heavy atom. The van der Waals surface area contributed by atoms with Crippen molar-refractivity contribution in [2.75, 3.05) is 0 Å². The van der Waals surface area contributed by atoms with E-state index < -0.39 is 0 Å². The number of nitrogens with one attached hydrogen (secondary N) is 2. The van der Waals surface area contributed by atoms with E-state index in [4.69, 9.17) is 33.9 Å². The normalized spacial score (nSPS) is 23.5. The molecule has 0 radical (unpaired) electrons. The summed E-state index contributed by atoms with van der Waals surface area (Å²) in [5, 5.41) is 18.6. The number of nitrogens with zero attached hydrogens (tertiary/aromatic N) is 2. The van der Waals surface area contributed by atoms with Crippen molar-refractivity contribution in [3.05, 3.63) is 22.2 Å². The third kappa shape index (κ3) is 2.34. The smallest absolute Gasteiger partial charge is 0.206 e. The molecule has 0 aromatic carbocycles. The van der Waals surface area contributed by atoms with E-state index in [9.17, 15) is 0 Å². The van der Waals surface area contributed by atoms with Crippen molar-refractivity contribution in [2.24, 2.45) is 4.99 Å². The van der Waals surface area contributed by atoms with E-state index in [1.54, 1.807) is 12.3 Å². The molecule has 0 amide bonds. The lowest BCUT2D eigenvalue weighted by molar-refractivity contribution is 0.875. The van der Waals surface area contributed by atoms with Crippen LogP contribution in [0.5, 0.6) is 0 Å². The standard InChI is InChI=1S/C8H6Cl2N4/c9-5-1-7(13-3-11)6(10)2-8(5)14-4-12/h1-3,7H,(H2,11,13)/b14-8+. The van der Waals surface area contributed by atoms with Gasteiger partial charge in [-0.3, -0.25) is 5.41 Å². The Labute approximate surface area is 91.0 Å². The van der Waals surface area contributed by atoms with Crippen LogP contribution in [0.15, 0.2) is 27.2 Å². The van der Waals surface area contributed by atoms with Gasteiger partial charge in [-0.1, -0.05) is 23.2 Å². The van der Waals surface area contributed by atoms with Crippen molar-refractivity contribution in [2.45, 2.75) is 6.04 Å². The number of hydrogen-bond acceptors (Lipinski definition) is 3. The Hall–Kier alpha value is -1.31. The fraction of sp³-hybridized carbons (Fsp3) is 0.125. The minimum absolute atomic E-state index is 0.320. The second-order valence-electron chi connectivity index (χ2n) is 2.43. The molecule has 0 aromatic rings. The zero-order valence-electron chi connectivity index (χ0n) is 6.96. The van der Waals surface area contributed by atoms with Gasteiger partial charge in [0.1, 0.15) is 0 Å². The predicted molar refractivity (Wildman–Crippen MR) is 56.6 cm³/mol.